The summed E-state index contributed by atoms with van der Waals surface area (Å²) in [6.07, 6.45) is -0.710. The molecule has 5 heteroatoms. The van der Waals surface area contributed by atoms with Crippen LogP contribution in [0.25, 0.3) is 10.9 Å². The Hall–Kier alpha value is -2.14. The molecule has 0 fully saturated rings. The van der Waals surface area contributed by atoms with Crippen LogP contribution in [0, 0.1) is 0 Å². The summed E-state index contributed by atoms with van der Waals surface area (Å²) in [7, 11) is 0. The molecule has 0 aliphatic rings. The van der Waals surface area contributed by atoms with Gasteiger partial charge in [-0.15, -0.1) is 0 Å². The van der Waals surface area contributed by atoms with E-state index in [0.717, 1.165) is 0 Å². The molecule has 1 unspecified atom stereocenters. The van der Waals surface area contributed by atoms with Crippen molar-refractivity contribution in [3.8, 4) is 0 Å². The Morgan fingerprint density at radius 1 is 1.35 bits per heavy atom. The molecule has 1 amide bonds. The van der Waals surface area contributed by atoms with Crippen LogP contribution >= 0.6 is 0 Å². The minimum absolute atomic E-state index is 0.183. The molecule has 106 valence electrons. The Balaban J connectivity index is 2.39. The standard InChI is InChI=1S/C15H18N2O3/c1-9(18)15(2,3)17-14(20)12-8-13(19)10-6-4-5-7-11(10)16-12/h4-9,18H,1-3H3,(H,16,19)(H,17,20). The number of aliphatic hydroxyl groups excluding tert-OH is 1. The van der Waals surface area contributed by atoms with Gasteiger partial charge < -0.3 is 15.4 Å². The molecule has 1 aromatic heterocycles. The molecular formula is C15H18N2O3. The molecule has 1 heterocycles. The molecule has 0 spiro atoms. The van der Waals surface area contributed by atoms with Crippen molar-refractivity contribution in [2.24, 2.45) is 0 Å². The first-order valence-electron chi connectivity index (χ1n) is 6.44. The van der Waals surface area contributed by atoms with E-state index in [1.54, 1.807) is 45.0 Å². The maximum Gasteiger partial charge on any atom is 0.268 e. The van der Waals surface area contributed by atoms with Gasteiger partial charge in [-0.1, -0.05) is 12.1 Å². The third kappa shape index (κ3) is 2.72. The fourth-order valence-corrected chi connectivity index (χ4v) is 1.78. The first kappa shape index (κ1) is 14.3. The molecule has 20 heavy (non-hydrogen) atoms. The van der Waals surface area contributed by atoms with Crippen molar-refractivity contribution >= 4 is 16.8 Å². The van der Waals surface area contributed by atoms with Crippen LogP contribution in [0.3, 0.4) is 0 Å². The molecule has 2 aromatic rings. The molecule has 0 bridgehead atoms. The maximum atomic E-state index is 12.2. The van der Waals surface area contributed by atoms with Crippen LogP contribution in [-0.4, -0.2) is 27.6 Å². The number of rotatable bonds is 3. The zero-order chi connectivity index (χ0) is 14.9. The predicted octanol–water partition coefficient (Wildman–Crippen LogP) is 1.42. The SMILES string of the molecule is CC(O)C(C)(C)NC(=O)c1cc(=O)c2ccccc2[nH]1. The number of aliphatic hydroxyl groups is 1. The van der Waals surface area contributed by atoms with Gasteiger partial charge in [0.05, 0.1) is 11.6 Å². The second-order valence-electron chi connectivity index (χ2n) is 5.44. The highest BCUT2D eigenvalue weighted by molar-refractivity contribution is 5.95. The molecule has 1 aromatic carbocycles. The topological polar surface area (TPSA) is 82.2 Å². The molecule has 3 N–H and O–H groups in total. The minimum atomic E-state index is -0.778. The van der Waals surface area contributed by atoms with Gasteiger partial charge in [0, 0.05) is 17.0 Å². The quantitative estimate of drug-likeness (QED) is 0.791. The number of pyridine rings is 1. The summed E-state index contributed by atoms with van der Waals surface area (Å²) in [5.41, 5.74) is -0.193. The van der Waals surface area contributed by atoms with E-state index in [1.807, 2.05) is 0 Å². The highest BCUT2D eigenvalue weighted by Crippen LogP contribution is 2.11. The van der Waals surface area contributed by atoms with E-state index < -0.39 is 17.6 Å². The summed E-state index contributed by atoms with van der Waals surface area (Å²) >= 11 is 0. The van der Waals surface area contributed by atoms with Crippen LogP contribution in [-0.2, 0) is 0 Å². The lowest BCUT2D eigenvalue weighted by molar-refractivity contribution is 0.0705. The van der Waals surface area contributed by atoms with Gasteiger partial charge in [0.1, 0.15) is 5.69 Å². The van der Waals surface area contributed by atoms with Crippen LogP contribution in [0.2, 0.25) is 0 Å². The summed E-state index contributed by atoms with van der Waals surface area (Å²) in [6, 6.07) is 8.28. The number of fused-ring (bicyclic) bond motifs is 1. The molecule has 0 saturated heterocycles. The van der Waals surface area contributed by atoms with Crippen LogP contribution in [0.5, 0.6) is 0 Å². The summed E-state index contributed by atoms with van der Waals surface area (Å²) < 4.78 is 0. The number of carbonyl (C=O) groups excluding carboxylic acids is 1. The van der Waals surface area contributed by atoms with Gasteiger partial charge in [-0.25, -0.2) is 0 Å². The number of amides is 1. The normalized spacial score (nSPS) is 13.2. The Kier molecular flexibility index (Phi) is 3.63. The number of para-hydroxylation sites is 1. The van der Waals surface area contributed by atoms with E-state index in [9.17, 15) is 14.7 Å². The lowest BCUT2D eigenvalue weighted by Crippen LogP contribution is -2.51. The van der Waals surface area contributed by atoms with Gasteiger partial charge in [0.2, 0.25) is 0 Å². The van der Waals surface area contributed by atoms with Gasteiger partial charge in [-0.2, -0.15) is 0 Å². The molecule has 2 rings (SSSR count). The Labute approximate surface area is 116 Å². The van der Waals surface area contributed by atoms with E-state index in [4.69, 9.17) is 0 Å². The van der Waals surface area contributed by atoms with Crippen molar-refractivity contribution in [2.75, 3.05) is 0 Å². The van der Waals surface area contributed by atoms with Crippen molar-refractivity contribution in [3.05, 3.63) is 46.2 Å². The van der Waals surface area contributed by atoms with Crippen LogP contribution in [0.1, 0.15) is 31.3 Å². The summed E-state index contributed by atoms with van der Waals surface area (Å²) in [5, 5.41) is 12.9. The first-order chi connectivity index (χ1) is 9.31. The van der Waals surface area contributed by atoms with Crippen molar-refractivity contribution in [1.82, 2.24) is 10.3 Å². The lowest BCUT2D eigenvalue weighted by Gasteiger charge is -2.29. The summed E-state index contributed by atoms with van der Waals surface area (Å²) in [6.45, 7) is 5.03. The van der Waals surface area contributed by atoms with Gasteiger partial charge in [-0.05, 0) is 32.9 Å². The zero-order valence-corrected chi connectivity index (χ0v) is 11.7. The first-order valence-corrected chi connectivity index (χ1v) is 6.44. The van der Waals surface area contributed by atoms with E-state index in [-0.39, 0.29) is 11.1 Å². The van der Waals surface area contributed by atoms with Crippen molar-refractivity contribution in [1.29, 1.82) is 0 Å². The Morgan fingerprint density at radius 3 is 2.65 bits per heavy atom. The smallest absolute Gasteiger partial charge is 0.268 e. The third-order valence-electron chi connectivity index (χ3n) is 3.46. The highest BCUT2D eigenvalue weighted by Gasteiger charge is 2.26. The van der Waals surface area contributed by atoms with Gasteiger partial charge >= 0.3 is 0 Å². The maximum absolute atomic E-state index is 12.2. The number of hydrogen-bond donors (Lipinski definition) is 3. The third-order valence-corrected chi connectivity index (χ3v) is 3.46. The summed E-state index contributed by atoms with van der Waals surface area (Å²) in [5.74, 6) is -0.418. The molecule has 1 atom stereocenters. The van der Waals surface area contributed by atoms with E-state index in [2.05, 4.69) is 10.3 Å². The number of H-pyrrole nitrogens is 1. The number of aromatic amines is 1. The van der Waals surface area contributed by atoms with Crippen molar-refractivity contribution in [2.45, 2.75) is 32.4 Å². The number of benzene rings is 1. The summed E-state index contributed by atoms with van der Waals surface area (Å²) in [4.78, 5) is 27.1. The molecule has 0 aliphatic heterocycles. The number of nitrogens with one attached hydrogen (secondary N) is 2. The molecular weight excluding hydrogens is 256 g/mol. The van der Waals surface area contributed by atoms with Crippen molar-refractivity contribution in [3.63, 3.8) is 0 Å². The fraction of sp³-hybridized carbons (Fsp3) is 0.333. The molecule has 0 saturated carbocycles. The molecule has 5 nitrogen and oxygen atoms in total. The Bertz CT molecular complexity index is 702. The van der Waals surface area contributed by atoms with Gasteiger partial charge in [0.25, 0.3) is 5.91 Å². The van der Waals surface area contributed by atoms with E-state index >= 15 is 0 Å². The number of carbonyl (C=O) groups is 1. The van der Waals surface area contributed by atoms with E-state index in [0.29, 0.717) is 10.9 Å². The second kappa shape index (κ2) is 5.09. The number of aromatic nitrogens is 1. The van der Waals surface area contributed by atoms with Crippen LogP contribution in [0.15, 0.2) is 35.1 Å². The number of hydrogen-bond acceptors (Lipinski definition) is 3. The average Bonchev–Trinajstić information content (AvgIpc) is 2.38. The largest absolute Gasteiger partial charge is 0.391 e. The highest BCUT2D eigenvalue weighted by atomic mass is 16.3. The molecule has 0 aliphatic carbocycles. The van der Waals surface area contributed by atoms with Crippen LogP contribution < -0.4 is 10.7 Å². The van der Waals surface area contributed by atoms with E-state index in [1.165, 1.54) is 6.07 Å². The predicted molar refractivity (Wildman–Crippen MR) is 77.8 cm³/mol. The van der Waals surface area contributed by atoms with Crippen LogP contribution in [0.4, 0.5) is 0 Å². The lowest BCUT2D eigenvalue weighted by atomic mass is 9.98. The average molecular weight is 274 g/mol. The second-order valence-corrected chi connectivity index (χ2v) is 5.44. The minimum Gasteiger partial charge on any atom is -0.391 e. The van der Waals surface area contributed by atoms with Gasteiger partial charge in [0.15, 0.2) is 5.43 Å². The monoisotopic (exact) mass is 274 g/mol. The Morgan fingerprint density at radius 2 is 2.00 bits per heavy atom. The molecule has 0 radical (unpaired) electrons. The van der Waals surface area contributed by atoms with Crippen molar-refractivity contribution < 1.29 is 9.90 Å². The van der Waals surface area contributed by atoms with Gasteiger partial charge in [-0.3, -0.25) is 9.59 Å². The fourth-order valence-electron chi connectivity index (χ4n) is 1.78. The zero-order valence-electron chi connectivity index (χ0n) is 11.7.